The molecule has 1 fully saturated rings. The zero-order valence-electron chi connectivity index (χ0n) is 12.4. The number of benzene rings is 1. The normalized spacial score (nSPS) is 24.4. The molecule has 1 saturated heterocycles. The van der Waals surface area contributed by atoms with E-state index in [-0.39, 0.29) is 5.54 Å². The molecule has 1 aromatic rings. The molecule has 1 aromatic carbocycles. The summed E-state index contributed by atoms with van der Waals surface area (Å²) >= 11 is 0. The number of piperidine rings is 1. The molecular formula is C16H26N2O. The van der Waals surface area contributed by atoms with E-state index in [4.69, 9.17) is 10.5 Å². The molecular weight excluding hydrogens is 236 g/mol. The minimum atomic E-state index is -0.0768. The lowest BCUT2D eigenvalue weighted by atomic mass is 9.84. The quantitative estimate of drug-likeness (QED) is 0.904. The van der Waals surface area contributed by atoms with Gasteiger partial charge in [0.2, 0.25) is 0 Å². The summed E-state index contributed by atoms with van der Waals surface area (Å²) in [4.78, 5) is 2.34. The standard InChI is InChI=1S/C16H26N2O/c1-4-14-10-13(6-7-15(14)19-3)11-16(17)8-5-9-18(2)12-16/h6-7,10H,4-5,8-9,11-12,17H2,1-3H3. The predicted octanol–water partition coefficient (Wildman–Crippen LogP) is 2.22. The summed E-state index contributed by atoms with van der Waals surface area (Å²) < 4.78 is 5.38. The van der Waals surface area contributed by atoms with Gasteiger partial charge in [-0.3, -0.25) is 0 Å². The molecule has 1 atom stereocenters. The Hall–Kier alpha value is -1.06. The summed E-state index contributed by atoms with van der Waals surface area (Å²) in [6, 6.07) is 6.48. The highest BCUT2D eigenvalue weighted by atomic mass is 16.5. The molecule has 3 heteroatoms. The Labute approximate surface area is 116 Å². The van der Waals surface area contributed by atoms with Crippen molar-refractivity contribution in [3.8, 4) is 5.75 Å². The predicted molar refractivity (Wildman–Crippen MR) is 79.7 cm³/mol. The number of aryl methyl sites for hydroxylation is 1. The molecule has 0 bridgehead atoms. The van der Waals surface area contributed by atoms with E-state index < -0.39 is 0 Å². The van der Waals surface area contributed by atoms with Crippen molar-refractivity contribution in [3.05, 3.63) is 29.3 Å². The van der Waals surface area contributed by atoms with Gasteiger partial charge >= 0.3 is 0 Å². The molecule has 0 radical (unpaired) electrons. The summed E-state index contributed by atoms with van der Waals surface area (Å²) in [5, 5.41) is 0. The second kappa shape index (κ2) is 5.93. The molecule has 2 N–H and O–H groups in total. The van der Waals surface area contributed by atoms with Crippen LogP contribution in [0.3, 0.4) is 0 Å². The van der Waals surface area contributed by atoms with E-state index in [2.05, 4.69) is 37.1 Å². The highest BCUT2D eigenvalue weighted by Gasteiger charge is 2.30. The van der Waals surface area contributed by atoms with Crippen LogP contribution in [0.5, 0.6) is 5.75 Å². The third-order valence-electron chi connectivity index (χ3n) is 4.08. The van der Waals surface area contributed by atoms with E-state index in [0.717, 1.165) is 31.6 Å². The zero-order valence-corrected chi connectivity index (χ0v) is 12.4. The van der Waals surface area contributed by atoms with Gasteiger partial charge in [-0.15, -0.1) is 0 Å². The van der Waals surface area contributed by atoms with Gasteiger partial charge in [0.1, 0.15) is 5.75 Å². The van der Waals surface area contributed by atoms with Gasteiger partial charge in [0.15, 0.2) is 0 Å². The number of likely N-dealkylation sites (tertiary alicyclic amines) is 1. The number of rotatable bonds is 4. The average Bonchev–Trinajstić information content (AvgIpc) is 2.37. The van der Waals surface area contributed by atoms with Crippen molar-refractivity contribution in [2.75, 3.05) is 27.2 Å². The zero-order chi connectivity index (χ0) is 13.9. The molecule has 106 valence electrons. The van der Waals surface area contributed by atoms with Crippen molar-refractivity contribution in [3.63, 3.8) is 0 Å². The monoisotopic (exact) mass is 262 g/mol. The number of ether oxygens (including phenoxy) is 1. The molecule has 0 aromatic heterocycles. The Balaban J connectivity index is 2.14. The third-order valence-corrected chi connectivity index (χ3v) is 4.08. The Bertz CT molecular complexity index is 433. The first-order chi connectivity index (χ1) is 9.06. The van der Waals surface area contributed by atoms with Gasteiger partial charge in [0.05, 0.1) is 7.11 Å². The number of hydrogen-bond donors (Lipinski definition) is 1. The lowest BCUT2D eigenvalue weighted by Crippen LogP contribution is -2.54. The summed E-state index contributed by atoms with van der Waals surface area (Å²) in [6.45, 7) is 4.32. The topological polar surface area (TPSA) is 38.5 Å². The lowest BCUT2D eigenvalue weighted by Gasteiger charge is -2.38. The molecule has 3 nitrogen and oxygen atoms in total. The molecule has 0 amide bonds. The maximum atomic E-state index is 6.57. The van der Waals surface area contributed by atoms with Crippen molar-refractivity contribution in [2.24, 2.45) is 5.73 Å². The largest absolute Gasteiger partial charge is 0.496 e. The number of nitrogens with zero attached hydrogens (tertiary/aromatic N) is 1. The van der Waals surface area contributed by atoms with Crippen molar-refractivity contribution < 1.29 is 4.74 Å². The maximum absolute atomic E-state index is 6.57. The Morgan fingerprint density at radius 3 is 2.84 bits per heavy atom. The van der Waals surface area contributed by atoms with Crippen LogP contribution in [0.4, 0.5) is 0 Å². The Morgan fingerprint density at radius 2 is 2.21 bits per heavy atom. The molecule has 19 heavy (non-hydrogen) atoms. The number of hydrogen-bond acceptors (Lipinski definition) is 3. The SMILES string of the molecule is CCc1cc(CC2(N)CCCN(C)C2)ccc1OC. The van der Waals surface area contributed by atoms with E-state index >= 15 is 0 Å². The van der Waals surface area contributed by atoms with Gasteiger partial charge in [0.25, 0.3) is 0 Å². The van der Waals surface area contributed by atoms with Gasteiger partial charge in [-0.2, -0.15) is 0 Å². The fraction of sp³-hybridized carbons (Fsp3) is 0.625. The highest BCUT2D eigenvalue weighted by molar-refractivity contribution is 5.38. The Morgan fingerprint density at radius 1 is 1.42 bits per heavy atom. The van der Waals surface area contributed by atoms with Crippen molar-refractivity contribution >= 4 is 0 Å². The van der Waals surface area contributed by atoms with Crippen LogP contribution in [0.1, 0.15) is 30.9 Å². The maximum Gasteiger partial charge on any atom is 0.122 e. The van der Waals surface area contributed by atoms with E-state index in [1.165, 1.54) is 24.1 Å². The lowest BCUT2D eigenvalue weighted by molar-refractivity contribution is 0.178. The minimum absolute atomic E-state index is 0.0768. The first kappa shape index (κ1) is 14.4. The van der Waals surface area contributed by atoms with Crippen LogP contribution < -0.4 is 10.5 Å². The number of likely N-dealkylation sites (N-methyl/N-ethyl adjacent to an activating group) is 1. The average molecular weight is 262 g/mol. The van der Waals surface area contributed by atoms with Crippen LogP contribution in [-0.4, -0.2) is 37.7 Å². The van der Waals surface area contributed by atoms with Crippen molar-refractivity contribution in [2.45, 2.75) is 38.1 Å². The van der Waals surface area contributed by atoms with Crippen molar-refractivity contribution in [1.29, 1.82) is 0 Å². The summed E-state index contributed by atoms with van der Waals surface area (Å²) in [5.41, 5.74) is 9.09. The first-order valence-electron chi connectivity index (χ1n) is 7.19. The smallest absolute Gasteiger partial charge is 0.122 e. The van der Waals surface area contributed by atoms with Gasteiger partial charge in [0, 0.05) is 12.1 Å². The van der Waals surface area contributed by atoms with Crippen molar-refractivity contribution in [1.82, 2.24) is 4.90 Å². The second-order valence-electron chi connectivity index (χ2n) is 5.88. The van der Waals surface area contributed by atoms with Crippen LogP contribution >= 0.6 is 0 Å². The fourth-order valence-electron chi connectivity index (χ4n) is 3.17. The van der Waals surface area contributed by atoms with Crippen LogP contribution in [0.15, 0.2) is 18.2 Å². The number of methoxy groups -OCH3 is 1. The molecule has 0 saturated carbocycles. The highest BCUT2D eigenvalue weighted by Crippen LogP contribution is 2.26. The second-order valence-corrected chi connectivity index (χ2v) is 5.88. The first-order valence-corrected chi connectivity index (χ1v) is 7.19. The van der Waals surface area contributed by atoms with E-state index in [1.807, 2.05) is 0 Å². The van der Waals surface area contributed by atoms with Crippen LogP contribution in [-0.2, 0) is 12.8 Å². The molecule has 0 spiro atoms. The van der Waals surface area contributed by atoms with Gasteiger partial charge in [-0.1, -0.05) is 19.1 Å². The Kier molecular flexibility index (Phi) is 4.48. The summed E-state index contributed by atoms with van der Waals surface area (Å²) in [7, 11) is 3.89. The molecule has 2 rings (SSSR count). The molecule has 1 heterocycles. The summed E-state index contributed by atoms with van der Waals surface area (Å²) in [6.07, 6.45) is 4.26. The van der Waals surface area contributed by atoms with Crippen LogP contribution in [0, 0.1) is 0 Å². The fourth-order valence-corrected chi connectivity index (χ4v) is 3.17. The van der Waals surface area contributed by atoms with E-state index in [0.29, 0.717) is 0 Å². The van der Waals surface area contributed by atoms with Gasteiger partial charge in [-0.05, 0) is 56.5 Å². The third kappa shape index (κ3) is 3.48. The molecule has 1 aliphatic heterocycles. The molecule has 0 aliphatic carbocycles. The summed E-state index contributed by atoms with van der Waals surface area (Å²) in [5.74, 6) is 0.984. The van der Waals surface area contributed by atoms with E-state index in [1.54, 1.807) is 7.11 Å². The van der Waals surface area contributed by atoms with Gasteiger partial charge < -0.3 is 15.4 Å². The van der Waals surface area contributed by atoms with Gasteiger partial charge in [-0.25, -0.2) is 0 Å². The van der Waals surface area contributed by atoms with E-state index in [9.17, 15) is 0 Å². The number of nitrogens with two attached hydrogens (primary N) is 1. The van der Waals surface area contributed by atoms with Crippen LogP contribution in [0.2, 0.25) is 0 Å². The van der Waals surface area contributed by atoms with Crippen LogP contribution in [0.25, 0.3) is 0 Å². The molecule has 1 aliphatic rings. The molecule has 1 unspecified atom stereocenters. The minimum Gasteiger partial charge on any atom is -0.496 e.